The van der Waals surface area contributed by atoms with Crippen LogP contribution in [0.2, 0.25) is 5.02 Å². The van der Waals surface area contributed by atoms with Gasteiger partial charge < -0.3 is 10.5 Å². The molecule has 0 bridgehead atoms. The molecule has 0 saturated heterocycles. The highest BCUT2D eigenvalue weighted by atomic mass is 35.5. The minimum absolute atomic E-state index is 0.483. The first-order valence-corrected chi connectivity index (χ1v) is 7.81. The topological polar surface area (TPSA) is 35.2 Å². The third-order valence-electron chi connectivity index (χ3n) is 3.58. The van der Waals surface area contributed by atoms with Crippen LogP contribution < -0.4 is 10.5 Å². The Labute approximate surface area is 141 Å². The Morgan fingerprint density at radius 2 is 1.78 bits per heavy atom. The highest BCUT2D eigenvalue weighted by Crippen LogP contribution is 2.31. The molecule has 1 radical (unpaired) electrons. The van der Waals surface area contributed by atoms with E-state index in [-0.39, 0.29) is 0 Å². The van der Waals surface area contributed by atoms with Crippen LogP contribution in [0.5, 0.6) is 5.75 Å². The van der Waals surface area contributed by atoms with Crippen molar-refractivity contribution in [3.8, 4) is 16.9 Å². The molecule has 3 aromatic carbocycles. The Hall–Kier alpha value is -2.29. The van der Waals surface area contributed by atoms with E-state index in [9.17, 15) is 0 Å². The first kappa shape index (κ1) is 15.6. The molecule has 3 rings (SSSR count). The van der Waals surface area contributed by atoms with Crippen LogP contribution in [0.15, 0.2) is 66.7 Å². The van der Waals surface area contributed by atoms with Crippen LogP contribution in [0.4, 0.5) is 0 Å². The quantitative estimate of drug-likeness (QED) is 0.729. The number of halogens is 1. The van der Waals surface area contributed by atoms with Crippen LogP contribution in [0.3, 0.4) is 0 Å². The molecule has 0 aliphatic carbocycles. The fraction of sp³-hybridized carbons (Fsp3) is 0.100. The zero-order valence-corrected chi connectivity index (χ0v) is 13.4. The molecule has 0 saturated carbocycles. The second kappa shape index (κ2) is 7.32. The van der Waals surface area contributed by atoms with Gasteiger partial charge in [0.15, 0.2) is 0 Å². The van der Waals surface area contributed by atoms with Crippen LogP contribution in [0.1, 0.15) is 11.1 Å². The van der Waals surface area contributed by atoms with Gasteiger partial charge in [-0.3, -0.25) is 0 Å². The smallest absolute Gasteiger partial charge is 0.139 e. The van der Waals surface area contributed by atoms with Crippen LogP contribution in [0, 0.1) is 6.07 Å². The van der Waals surface area contributed by atoms with Gasteiger partial charge in [0.2, 0.25) is 0 Å². The van der Waals surface area contributed by atoms with Crippen LogP contribution in [-0.4, -0.2) is 0 Å². The predicted octanol–water partition coefficient (Wildman–Crippen LogP) is 4.84. The summed E-state index contributed by atoms with van der Waals surface area (Å²) < 4.78 is 5.87. The molecule has 0 aliphatic heterocycles. The van der Waals surface area contributed by atoms with Gasteiger partial charge in [-0.2, -0.15) is 0 Å². The van der Waals surface area contributed by atoms with E-state index < -0.39 is 0 Å². The van der Waals surface area contributed by atoms with E-state index in [0.717, 1.165) is 22.3 Å². The maximum atomic E-state index is 6.25. The predicted molar refractivity (Wildman–Crippen MR) is 94.4 cm³/mol. The van der Waals surface area contributed by atoms with E-state index in [2.05, 4.69) is 6.07 Å². The molecule has 3 heteroatoms. The van der Waals surface area contributed by atoms with Gasteiger partial charge in [-0.05, 0) is 46.5 Å². The monoisotopic (exact) mass is 322 g/mol. The molecule has 3 aromatic rings. The Kier molecular flexibility index (Phi) is 4.96. The van der Waals surface area contributed by atoms with Crippen molar-refractivity contribution < 1.29 is 4.74 Å². The molecule has 2 N–H and O–H groups in total. The molecular weight excluding hydrogens is 306 g/mol. The first-order chi connectivity index (χ1) is 11.3. The second-order valence-electron chi connectivity index (χ2n) is 5.23. The number of benzene rings is 3. The Balaban J connectivity index is 1.84. The van der Waals surface area contributed by atoms with Gasteiger partial charge in [-0.1, -0.05) is 60.1 Å². The molecule has 2 nitrogen and oxygen atoms in total. The molecule has 0 amide bonds. The van der Waals surface area contributed by atoms with Crippen molar-refractivity contribution in [3.63, 3.8) is 0 Å². The minimum Gasteiger partial charge on any atom is -0.487 e. The Bertz CT molecular complexity index is 787. The average molecular weight is 323 g/mol. The molecule has 0 fully saturated rings. The number of ether oxygens (including phenoxy) is 1. The van der Waals surface area contributed by atoms with Crippen LogP contribution in [0.25, 0.3) is 11.1 Å². The van der Waals surface area contributed by atoms with Crippen molar-refractivity contribution in [1.29, 1.82) is 0 Å². The first-order valence-electron chi connectivity index (χ1n) is 7.43. The lowest BCUT2D eigenvalue weighted by atomic mass is 10.0. The molecule has 23 heavy (non-hydrogen) atoms. The van der Waals surface area contributed by atoms with E-state index >= 15 is 0 Å². The average Bonchev–Trinajstić information content (AvgIpc) is 2.62. The SMILES string of the molecule is NCc1cc[c]c(-c2ccc(Cl)c(OCc3ccccc3)c2)c1. The number of nitrogens with two attached hydrogens (primary N) is 1. The van der Waals surface area contributed by atoms with E-state index in [1.165, 1.54) is 0 Å². The highest BCUT2D eigenvalue weighted by molar-refractivity contribution is 6.32. The summed E-state index contributed by atoms with van der Waals surface area (Å²) in [5.74, 6) is 0.666. The lowest BCUT2D eigenvalue weighted by Crippen LogP contribution is -1.97. The van der Waals surface area contributed by atoms with Gasteiger partial charge in [-0.25, -0.2) is 0 Å². The van der Waals surface area contributed by atoms with Gasteiger partial charge >= 0.3 is 0 Å². The van der Waals surface area contributed by atoms with Gasteiger partial charge in [0.05, 0.1) is 5.02 Å². The minimum atomic E-state index is 0.483. The van der Waals surface area contributed by atoms with Gasteiger partial charge in [0, 0.05) is 6.54 Å². The number of rotatable bonds is 5. The summed E-state index contributed by atoms with van der Waals surface area (Å²) in [6.07, 6.45) is 0. The van der Waals surface area contributed by atoms with E-state index in [1.807, 2.05) is 66.7 Å². The molecule has 0 aromatic heterocycles. The Morgan fingerprint density at radius 3 is 2.57 bits per heavy atom. The summed E-state index contributed by atoms with van der Waals surface area (Å²) in [5, 5.41) is 0.597. The third kappa shape index (κ3) is 3.92. The fourth-order valence-corrected chi connectivity index (χ4v) is 2.50. The molecule has 0 aliphatic rings. The van der Waals surface area contributed by atoms with Crippen molar-refractivity contribution in [2.24, 2.45) is 5.73 Å². The van der Waals surface area contributed by atoms with Crippen LogP contribution in [-0.2, 0) is 13.2 Å². The van der Waals surface area contributed by atoms with Crippen molar-refractivity contribution in [2.45, 2.75) is 13.2 Å². The molecule has 0 heterocycles. The second-order valence-corrected chi connectivity index (χ2v) is 5.64. The number of hydrogen-bond acceptors (Lipinski definition) is 2. The summed E-state index contributed by atoms with van der Waals surface area (Å²) in [7, 11) is 0. The van der Waals surface area contributed by atoms with Crippen molar-refractivity contribution in [2.75, 3.05) is 0 Å². The normalized spacial score (nSPS) is 10.5. The lowest BCUT2D eigenvalue weighted by Gasteiger charge is -2.11. The number of hydrogen-bond donors (Lipinski definition) is 1. The molecule has 0 spiro atoms. The highest BCUT2D eigenvalue weighted by Gasteiger charge is 2.06. The van der Waals surface area contributed by atoms with Crippen molar-refractivity contribution >= 4 is 11.6 Å². The maximum Gasteiger partial charge on any atom is 0.139 e. The van der Waals surface area contributed by atoms with E-state index in [0.29, 0.717) is 23.9 Å². The van der Waals surface area contributed by atoms with E-state index in [4.69, 9.17) is 22.1 Å². The molecule has 115 valence electrons. The van der Waals surface area contributed by atoms with Gasteiger partial charge in [0.1, 0.15) is 12.4 Å². The largest absolute Gasteiger partial charge is 0.487 e. The zero-order valence-electron chi connectivity index (χ0n) is 12.6. The summed E-state index contributed by atoms with van der Waals surface area (Å²) >= 11 is 6.25. The standard InChI is InChI=1S/C20H17ClNO/c21-19-10-9-18(17-8-4-7-16(11-17)13-22)12-20(19)23-14-15-5-2-1-3-6-15/h1-7,9-12H,13-14,22H2. The molecule has 0 unspecified atom stereocenters. The van der Waals surface area contributed by atoms with E-state index in [1.54, 1.807) is 0 Å². The van der Waals surface area contributed by atoms with Crippen molar-refractivity contribution in [1.82, 2.24) is 0 Å². The van der Waals surface area contributed by atoms with Crippen LogP contribution >= 0.6 is 11.6 Å². The summed E-state index contributed by atoms with van der Waals surface area (Å²) in [4.78, 5) is 0. The molecule has 0 atom stereocenters. The van der Waals surface area contributed by atoms with Gasteiger partial charge in [-0.15, -0.1) is 0 Å². The summed E-state index contributed by atoms with van der Waals surface area (Å²) in [6.45, 7) is 0.989. The third-order valence-corrected chi connectivity index (χ3v) is 3.89. The lowest BCUT2D eigenvalue weighted by molar-refractivity contribution is 0.306. The maximum absolute atomic E-state index is 6.25. The Morgan fingerprint density at radius 1 is 0.957 bits per heavy atom. The fourth-order valence-electron chi connectivity index (χ4n) is 2.32. The zero-order chi connectivity index (χ0) is 16.1. The molecular formula is C20H17ClNO. The van der Waals surface area contributed by atoms with Crippen molar-refractivity contribution in [3.05, 3.63) is 88.9 Å². The summed E-state index contributed by atoms with van der Waals surface area (Å²) in [6, 6.07) is 24.9. The van der Waals surface area contributed by atoms with Gasteiger partial charge in [0.25, 0.3) is 0 Å². The summed E-state index contributed by atoms with van der Waals surface area (Å²) in [5.41, 5.74) is 9.86.